The zero-order chi connectivity index (χ0) is 26.3. The Balaban J connectivity index is 1.74. The molecule has 2 heterocycles. The first-order valence-corrected chi connectivity index (χ1v) is 11.9. The molecule has 1 unspecified atom stereocenters. The lowest BCUT2D eigenvalue weighted by atomic mass is 9.94. The number of ether oxygens (including phenoxy) is 4. The molecule has 0 spiro atoms. The van der Waals surface area contributed by atoms with Crippen molar-refractivity contribution in [2.24, 2.45) is 0 Å². The van der Waals surface area contributed by atoms with Crippen LogP contribution in [0.2, 0.25) is 5.02 Å². The molecule has 5 rings (SSSR count). The quantitative estimate of drug-likeness (QED) is 0.285. The molecule has 190 valence electrons. The van der Waals surface area contributed by atoms with Crippen molar-refractivity contribution in [1.82, 2.24) is 0 Å². The summed E-state index contributed by atoms with van der Waals surface area (Å²) in [6.07, 6.45) is 0. The maximum absolute atomic E-state index is 13.5. The first kappa shape index (κ1) is 24.5. The minimum absolute atomic E-state index is 0.0757. The van der Waals surface area contributed by atoms with E-state index in [-0.39, 0.29) is 11.3 Å². The van der Waals surface area contributed by atoms with E-state index in [1.807, 2.05) is 6.92 Å². The molecule has 1 amide bonds. The van der Waals surface area contributed by atoms with Crippen molar-refractivity contribution >= 4 is 34.7 Å². The number of fused-ring (bicyclic) bond motifs is 1. The molecule has 1 saturated heterocycles. The predicted molar refractivity (Wildman–Crippen MR) is 138 cm³/mol. The Kier molecular flexibility index (Phi) is 6.43. The molecule has 0 saturated carbocycles. The number of anilines is 1. The number of Topliss-reactive ketones (excluding diaryl/α,β-unsaturated/α-hetero) is 1. The van der Waals surface area contributed by atoms with Gasteiger partial charge >= 0.3 is 0 Å². The lowest BCUT2D eigenvalue weighted by Crippen LogP contribution is -2.30. The SMILES string of the molecule is COc1ccc(C2/C(=C(\O)c3ccc4c(c3)OCCO4)C(=O)C(=O)N2c2cc(Cl)ccc2C)cc1OC. The van der Waals surface area contributed by atoms with Gasteiger partial charge in [0, 0.05) is 16.3 Å². The molecule has 1 fully saturated rings. The number of amides is 1. The van der Waals surface area contributed by atoms with Crippen LogP contribution in [0, 0.1) is 6.92 Å². The van der Waals surface area contributed by atoms with Gasteiger partial charge in [-0.2, -0.15) is 0 Å². The van der Waals surface area contributed by atoms with Crippen LogP contribution in [0.15, 0.2) is 60.2 Å². The Morgan fingerprint density at radius 3 is 2.41 bits per heavy atom. The van der Waals surface area contributed by atoms with E-state index in [1.54, 1.807) is 54.6 Å². The van der Waals surface area contributed by atoms with Gasteiger partial charge in [0.15, 0.2) is 23.0 Å². The Bertz CT molecular complexity index is 1450. The molecule has 9 heteroatoms. The maximum Gasteiger partial charge on any atom is 0.300 e. The van der Waals surface area contributed by atoms with Gasteiger partial charge in [0.25, 0.3) is 11.7 Å². The number of aryl methyl sites for hydroxylation is 1. The second kappa shape index (κ2) is 9.71. The van der Waals surface area contributed by atoms with Gasteiger partial charge in [0.2, 0.25) is 0 Å². The molecule has 2 aliphatic heterocycles. The topological polar surface area (TPSA) is 94.5 Å². The molecule has 0 radical (unpaired) electrons. The van der Waals surface area contributed by atoms with E-state index in [0.717, 1.165) is 5.56 Å². The standard InChI is InChI=1S/C28H24ClNO7/c1-15-4-7-18(29)14-19(15)30-25(16-5-8-20(34-2)22(12-16)35-3)24(27(32)28(30)33)26(31)17-6-9-21-23(13-17)37-11-10-36-21/h4-9,12-14,25,31H,10-11H2,1-3H3/b26-24+. The van der Waals surface area contributed by atoms with Gasteiger partial charge in [-0.25, -0.2) is 0 Å². The van der Waals surface area contributed by atoms with Crippen molar-refractivity contribution in [3.63, 3.8) is 0 Å². The van der Waals surface area contributed by atoms with Crippen LogP contribution in [0.5, 0.6) is 23.0 Å². The number of hydrogen-bond donors (Lipinski definition) is 1. The van der Waals surface area contributed by atoms with Crippen molar-refractivity contribution in [2.45, 2.75) is 13.0 Å². The average molecular weight is 522 g/mol. The van der Waals surface area contributed by atoms with Gasteiger partial charge in [0.1, 0.15) is 19.0 Å². The summed E-state index contributed by atoms with van der Waals surface area (Å²) in [5.41, 5.74) is 1.96. The third kappa shape index (κ3) is 4.23. The lowest BCUT2D eigenvalue weighted by molar-refractivity contribution is -0.132. The normalized spacial score (nSPS) is 18.2. The number of aliphatic hydroxyl groups is 1. The predicted octanol–water partition coefficient (Wildman–Crippen LogP) is 5.06. The summed E-state index contributed by atoms with van der Waals surface area (Å²) in [5, 5.41) is 11.9. The van der Waals surface area contributed by atoms with Crippen molar-refractivity contribution in [2.75, 3.05) is 32.3 Å². The van der Waals surface area contributed by atoms with Gasteiger partial charge in [0.05, 0.1) is 25.8 Å². The van der Waals surface area contributed by atoms with Crippen LogP contribution in [0.4, 0.5) is 5.69 Å². The fourth-order valence-electron chi connectivity index (χ4n) is 4.61. The molecular formula is C28H24ClNO7. The molecule has 0 aromatic heterocycles. The fourth-order valence-corrected chi connectivity index (χ4v) is 4.77. The van der Waals surface area contributed by atoms with Gasteiger partial charge < -0.3 is 24.1 Å². The highest BCUT2D eigenvalue weighted by molar-refractivity contribution is 6.52. The van der Waals surface area contributed by atoms with E-state index >= 15 is 0 Å². The summed E-state index contributed by atoms with van der Waals surface area (Å²) in [6, 6.07) is 14.1. The summed E-state index contributed by atoms with van der Waals surface area (Å²) in [5.74, 6) is -0.0816. The van der Waals surface area contributed by atoms with E-state index in [2.05, 4.69) is 0 Å². The average Bonchev–Trinajstić information content (AvgIpc) is 3.18. The smallest absolute Gasteiger partial charge is 0.300 e. The van der Waals surface area contributed by atoms with Crippen LogP contribution in [-0.4, -0.2) is 44.2 Å². The summed E-state index contributed by atoms with van der Waals surface area (Å²) < 4.78 is 22.0. The van der Waals surface area contributed by atoms with Crippen LogP contribution in [0.1, 0.15) is 22.7 Å². The van der Waals surface area contributed by atoms with Crippen LogP contribution in [0.3, 0.4) is 0 Å². The number of nitrogens with zero attached hydrogens (tertiary/aromatic N) is 1. The molecule has 3 aromatic rings. The third-order valence-corrected chi connectivity index (χ3v) is 6.65. The molecule has 3 aromatic carbocycles. The zero-order valence-corrected chi connectivity index (χ0v) is 21.2. The van der Waals surface area contributed by atoms with Crippen LogP contribution in [-0.2, 0) is 9.59 Å². The Labute approximate surface area is 218 Å². The number of hydrogen-bond acceptors (Lipinski definition) is 7. The van der Waals surface area contributed by atoms with E-state index < -0.39 is 17.7 Å². The second-order valence-electron chi connectivity index (χ2n) is 8.57. The molecule has 0 bridgehead atoms. The fraction of sp³-hybridized carbons (Fsp3) is 0.214. The Morgan fingerprint density at radius 2 is 1.68 bits per heavy atom. The number of halogens is 1. The number of carbonyl (C=O) groups is 2. The van der Waals surface area contributed by atoms with Crippen LogP contribution in [0.25, 0.3) is 5.76 Å². The van der Waals surface area contributed by atoms with Gasteiger partial charge in [-0.15, -0.1) is 0 Å². The minimum Gasteiger partial charge on any atom is -0.507 e. The van der Waals surface area contributed by atoms with Gasteiger partial charge in [-0.1, -0.05) is 23.7 Å². The first-order chi connectivity index (χ1) is 17.8. The van der Waals surface area contributed by atoms with Crippen molar-refractivity contribution in [3.05, 3.63) is 81.9 Å². The highest BCUT2D eigenvalue weighted by Gasteiger charge is 2.47. The maximum atomic E-state index is 13.5. The van der Waals surface area contributed by atoms with Crippen LogP contribution < -0.4 is 23.8 Å². The molecular weight excluding hydrogens is 498 g/mol. The van der Waals surface area contributed by atoms with Gasteiger partial charge in [-0.05, 0) is 60.5 Å². The number of methoxy groups -OCH3 is 2. The van der Waals surface area contributed by atoms with Gasteiger partial charge in [-0.3, -0.25) is 14.5 Å². The summed E-state index contributed by atoms with van der Waals surface area (Å²) in [6.45, 7) is 2.60. The highest BCUT2D eigenvalue weighted by Crippen LogP contribution is 2.46. The largest absolute Gasteiger partial charge is 0.507 e. The van der Waals surface area contributed by atoms with E-state index in [9.17, 15) is 14.7 Å². The number of carbonyl (C=O) groups excluding carboxylic acids is 2. The summed E-state index contributed by atoms with van der Waals surface area (Å²) in [4.78, 5) is 28.3. The summed E-state index contributed by atoms with van der Waals surface area (Å²) in [7, 11) is 3.01. The number of ketones is 1. The number of rotatable bonds is 5. The van der Waals surface area contributed by atoms with Crippen molar-refractivity contribution in [3.8, 4) is 23.0 Å². The second-order valence-corrected chi connectivity index (χ2v) is 9.01. The minimum atomic E-state index is -0.967. The zero-order valence-electron chi connectivity index (χ0n) is 20.4. The first-order valence-electron chi connectivity index (χ1n) is 11.5. The lowest BCUT2D eigenvalue weighted by Gasteiger charge is -2.27. The summed E-state index contributed by atoms with van der Waals surface area (Å²) >= 11 is 6.28. The molecule has 1 N–H and O–H groups in total. The molecule has 2 aliphatic rings. The van der Waals surface area contributed by atoms with Crippen molar-refractivity contribution in [1.29, 1.82) is 0 Å². The molecule has 0 aliphatic carbocycles. The monoisotopic (exact) mass is 521 g/mol. The van der Waals surface area contributed by atoms with E-state index in [1.165, 1.54) is 19.1 Å². The Morgan fingerprint density at radius 1 is 0.946 bits per heavy atom. The number of benzene rings is 3. The van der Waals surface area contributed by atoms with E-state index in [4.69, 9.17) is 30.5 Å². The van der Waals surface area contributed by atoms with E-state index in [0.29, 0.717) is 58.0 Å². The third-order valence-electron chi connectivity index (χ3n) is 6.41. The molecule has 1 atom stereocenters. The highest BCUT2D eigenvalue weighted by atomic mass is 35.5. The van der Waals surface area contributed by atoms with Crippen molar-refractivity contribution < 1.29 is 33.6 Å². The molecule has 37 heavy (non-hydrogen) atoms. The molecule has 8 nitrogen and oxygen atoms in total. The number of aliphatic hydroxyl groups excluding tert-OH is 1. The Hall–Kier alpha value is -4.17. The van der Waals surface area contributed by atoms with Crippen LogP contribution >= 0.6 is 11.6 Å².